The van der Waals surface area contributed by atoms with Gasteiger partial charge in [-0.1, -0.05) is 30.3 Å². The molecule has 0 aromatic heterocycles. The van der Waals surface area contributed by atoms with E-state index < -0.39 is 0 Å². The summed E-state index contributed by atoms with van der Waals surface area (Å²) in [5.41, 5.74) is 6.05. The topological polar surface area (TPSA) is 41.1 Å². The molecule has 2 aromatic rings. The molecular weight excluding hydrogens is 260 g/mol. The van der Waals surface area contributed by atoms with Gasteiger partial charge in [-0.3, -0.25) is 4.79 Å². The van der Waals surface area contributed by atoms with E-state index >= 15 is 0 Å². The van der Waals surface area contributed by atoms with Crippen LogP contribution in [0.25, 0.3) is 0 Å². The van der Waals surface area contributed by atoms with Gasteiger partial charge in [-0.15, -0.1) is 0 Å². The molecule has 0 saturated heterocycles. The van der Waals surface area contributed by atoms with Gasteiger partial charge >= 0.3 is 0 Å². The van der Waals surface area contributed by atoms with Crippen LogP contribution < -0.4 is 10.6 Å². The lowest BCUT2D eigenvalue weighted by atomic mass is 10.0. The van der Waals surface area contributed by atoms with Crippen molar-refractivity contribution in [2.75, 3.05) is 12.4 Å². The van der Waals surface area contributed by atoms with E-state index in [0.717, 1.165) is 17.8 Å². The first-order valence-electron chi connectivity index (χ1n) is 7.18. The van der Waals surface area contributed by atoms with Gasteiger partial charge in [-0.05, 0) is 48.2 Å². The number of carbonyl (C=O) groups excluding carboxylic acids is 1. The average Bonchev–Trinajstić information content (AvgIpc) is 2.50. The summed E-state index contributed by atoms with van der Waals surface area (Å²) < 4.78 is 0. The Labute approximate surface area is 126 Å². The number of hydrogen-bond acceptors (Lipinski definition) is 2. The predicted octanol–water partition coefficient (Wildman–Crippen LogP) is 3.20. The highest BCUT2D eigenvalue weighted by atomic mass is 16.1. The maximum absolute atomic E-state index is 11.3. The molecule has 0 aliphatic heterocycles. The molecule has 2 N–H and O–H groups in total. The molecule has 0 heterocycles. The SMILES string of the molecule is CNC(=O)Cc1ccc(NCc2cccc(C)c2C)cc1. The quantitative estimate of drug-likeness (QED) is 0.884. The highest BCUT2D eigenvalue weighted by Gasteiger charge is 2.02. The van der Waals surface area contributed by atoms with Crippen molar-refractivity contribution in [2.45, 2.75) is 26.8 Å². The summed E-state index contributed by atoms with van der Waals surface area (Å²) in [5, 5.41) is 6.05. The number of aryl methyl sites for hydroxylation is 1. The van der Waals surface area contributed by atoms with Crippen LogP contribution in [-0.2, 0) is 17.8 Å². The fourth-order valence-electron chi connectivity index (χ4n) is 2.21. The smallest absolute Gasteiger partial charge is 0.224 e. The van der Waals surface area contributed by atoms with Gasteiger partial charge in [0, 0.05) is 19.3 Å². The number of hydrogen-bond donors (Lipinski definition) is 2. The van der Waals surface area contributed by atoms with Crippen molar-refractivity contribution >= 4 is 11.6 Å². The van der Waals surface area contributed by atoms with E-state index in [1.165, 1.54) is 16.7 Å². The third-order valence-corrected chi connectivity index (χ3v) is 3.80. The fourth-order valence-corrected chi connectivity index (χ4v) is 2.21. The highest BCUT2D eigenvalue weighted by Crippen LogP contribution is 2.16. The maximum Gasteiger partial charge on any atom is 0.224 e. The lowest BCUT2D eigenvalue weighted by Gasteiger charge is -2.11. The molecule has 0 aliphatic rings. The zero-order valence-electron chi connectivity index (χ0n) is 12.9. The van der Waals surface area contributed by atoms with Crippen molar-refractivity contribution in [1.82, 2.24) is 5.32 Å². The van der Waals surface area contributed by atoms with E-state index in [1.54, 1.807) is 7.05 Å². The maximum atomic E-state index is 11.3. The van der Waals surface area contributed by atoms with E-state index in [2.05, 4.69) is 42.7 Å². The third kappa shape index (κ3) is 4.09. The van der Waals surface area contributed by atoms with Crippen molar-refractivity contribution < 1.29 is 4.79 Å². The van der Waals surface area contributed by atoms with E-state index in [4.69, 9.17) is 0 Å². The standard InChI is InChI=1S/C18H22N2O/c1-13-5-4-6-16(14(13)2)12-20-17-9-7-15(8-10-17)11-18(21)19-3/h4-10,20H,11-12H2,1-3H3,(H,19,21). The van der Waals surface area contributed by atoms with Crippen LogP contribution >= 0.6 is 0 Å². The second-order valence-corrected chi connectivity index (χ2v) is 5.26. The molecule has 0 atom stereocenters. The Morgan fingerprint density at radius 2 is 1.76 bits per heavy atom. The van der Waals surface area contributed by atoms with E-state index in [-0.39, 0.29) is 5.91 Å². The number of nitrogens with one attached hydrogen (secondary N) is 2. The molecule has 2 rings (SSSR count). The van der Waals surface area contributed by atoms with Crippen molar-refractivity contribution in [3.05, 3.63) is 64.7 Å². The number of amides is 1. The lowest BCUT2D eigenvalue weighted by Crippen LogP contribution is -2.19. The lowest BCUT2D eigenvalue weighted by molar-refractivity contribution is -0.119. The first-order chi connectivity index (χ1) is 10.1. The molecule has 2 aromatic carbocycles. The van der Waals surface area contributed by atoms with Gasteiger partial charge in [0.05, 0.1) is 6.42 Å². The Kier molecular flexibility index (Phi) is 4.99. The molecule has 0 unspecified atom stereocenters. The Hall–Kier alpha value is -2.29. The second kappa shape index (κ2) is 6.93. The zero-order chi connectivity index (χ0) is 15.2. The molecule has 0 aliphatic carbocycles. The van der Waals surface area contributed by atoms with Crippen LogP contribution in [0.4, 0.5) is 5.69 Å². The zero-order valence-corrected chi connectivity index (χ0v) is 12.9. The molecule has 1 amide bonds. The summed E-state index contributed by atoms with van der Waals surface area (Å²) in [7, 11) is 1.66. The van der Waals surface area contributed by atoms with Crippen LogP contribution in [0.3, 0.4) is 0 Å². The summed E-state index contributed by atoms with van der Waals surface area (Å²) in [6.07, 6.45) is 0.424. The third-order valence-electron chi connectivity index (χ3n) is 3.80. The van der Waals surface area contributed by atoms with Gasteiger partial charge in [-0.25, -0.2) is 0 Å². The summed E-state index contributed by atoms with van der Waals surface area (Å²) >= 11 is 0. The van der Waals surface area contributed by atoms with Crippen LogP contribution in [0, 0.1) is 13.8 Å². The van der Waals surface area contributed by atoms with Crippen LogP contribution in [0.1, 0.15) is 22.3 Å². The van der Waals surface area contributed by atoms with E-state index in [9.17, 15) is 4.79 Å². The number of rotatable bonds is 5. The van der Waals surface area contributed by atoms with E-state index in [0.29, 0.717) is 6.42 Å². The molecule has 0 fully saturated rings. The van der Waals surface area contributed by atoms with Gasteiger partial charge in [0.1, 0.15) is 0 Å². The molecular formula is C18H22N2O. The van der Waals surface area contributed by atoms with Crippen LogP contribution in [0.2, 0.25) is 0 Å². The Balaban J connectivity index is 1.97. The molecule has 0 spiro atoms. The van der Waals surface area contributed by atoms with Gasteiger partial charge in [0.25, 0.3) is 0 Å². The summed E-state index contributed by atoms with van der Waals surface area (Å²) in [4.78, 5) is 11.3. The van der Waals surface area contributed by atoms with Gasteiger partial charge in [0.15, 0.2) is 0 Å². The minimum atomic E-state index is 0.0334. The van der Waals surface area contributed by atoms with Crippen LogP contribution in [0.5, 0.6) is 0 Å². The molecule has 3 heteroatoms. The van der Waals surface area contributed by atoms with Crippen molar-refractivity contribution in [2.24, 2.45) is 0 Å². The van der Waals surface area contributed by atoms with Crippen molar-refractivity contribution in [3.63, 3.8) is 0 Å². The number of likely N-dealkylation sites (N-methyl/N-ethyl adjacent to an activating group) is 1. The fraction of sp³-hybridized carbons (Fsp3) is 0.278. The molecule has 21 heavy (non-hydrogen) atoms. The second-order valence-electron chi connectivity index (χ2n) is 5.26. The minimum Gasteiger partial charge on any atom is -0.381 e. The Morgan fingerprint density at radius 3 is 2.43 bits per heavy atom. The minimum absolute atomic E-state index is 0.0334. The Bertz CT molecular complexity index is 618. The van der Waals surface area contributed by atoms with Crippen LogP contribution in [-0.4, -0.2) is 13.0 Å². The molecule has 0 bridgehead atoms. The van der Waals surface area contributed by atoms with Gasteiger partial charge in [-0.2, -0.15) is 0 Å². The monoisotopic (exact) mass is 282 g/mol. The number of benzene rings is 2. The summed E-state index contributed by atoms with van der Waals surface area (Å²) in [6, 6.07) is 14.4. The first kappa shape index (κ1) is 15.1. The number of carbonyl (C=O) groups is 1. The normalized spacial score (nSPS) is 10.2. The summed E-state index contributed by atoms with van der Waals surface area (Å²) in [6.45, 7) is 5.09. The molecule has 3 nitrogen and oxygen atoms in total. The van der Waals surface area contributed by atoms with Gasteiger partial charge in [0.2, 0.25) is 5.91 Å². The summed E-state index contributed by atoms with van der Waals surface area (Å²) in [5.74, 6) is 0.0334. The first-order valence-corrected chi connectivity index (χ1v) is 7.18. The molecule has 110 valence electrons. The van der Waals surface area contributed by atoms with E-state index in [1.807, 2.05) is 24.3 Å². The van der Waals surface area contributed by atoms with Crippen LogP contribution in [0.15, 0.2) is 42.5 Å². The average molecular weight is 282 g/mol. The molecule has 0 radical (unpaired) electrons. The van der Waals surface area contributed by atoms with Crippen molar-refractivity contribution in [3.8, 4) is 0 Å². The van der Waals surface area contributed by atoms with Crippen molar-refractivity contribution in [1.29, 1.82) is 0 Å². The Morgan fingerprint density at radius 1 is 1.05 bits per heavy atom. The largest absolute Gasteiger partial charge is 0.381 e. The molecule has 0 saturated carbocycles. The predicted molar refractivity (Wildman–Crippen MR) is 87.5 cm³/mol. The van der Waals surface area contributed by atoms with Gasteiger partial charge < -0.3 is 10.6 Å². The number of anilines is 1. The highest BCUT2D eigenvalue weighted by molar-refractivity contribution is 5.78.